The molecular formula is C23H26F2N2O5S. The van der Waals surface area contributed by atoms with Gasteiger partial charge in [0.25, 0.3) is 0 Å². The summed E-state index contributed by atoms with van der Waals surface area (Å²) in [6.45, 7) is 3.40. The van der Waals surface area contributed by atoms with Crippen LogP contribution in [0.2, 0.25) is 0 Å². The Hall–Kier alpha value is -2.59. The SMILES string of the molecule is Cc1cc(C(=O)COC(=O)C2CCN(S(=O)(=O)c3cc(F)ccc3F)CC2)c(C)n1C1CC1. The lowest BCUT2D eigenvalue weighted by atomic mass is 9.98. The summed E-state index contributed by atoms with van der Waals surface area (Å²) in [6.07, 6.45) is 2.53. The minimum atomic E-state index is -4.22. The van der Waals surface area contributed by atoms with Gasteiger partial charge in [0, 0.05) is 36.1 Å². The molecule has 4 rings (SSSR count). The van der Waals surface area contributed by atoms with Crippen molar-refractivity contribution in [1.29, 1.82) is 0 Å². The normalized spacial score (nSPS) is 17.8. The van der Waals surface area contributed by atoms with Gasteiger partial charge in [-0.3, -0.25) is 9.59 Å². The molecule has 0 atom stereocenters. The van der Waals surface area contributed by atoms with Crippen molar-refractivity contribution in [3.05, 3.63) is 52.9 Å². The van der Waals surface area contributed by atoms with Gasteiger partial charge in [0.1, 0.15) is 16.5 Å². The minimum Gasteiger partial charge on any atom is -0.457 e. The van der Waals surface area contributed by atoms with Crippen molar-refractivity contribution in [2.45, 2.75) is 50.5 Å². The van der Waals surface area contributed by atoms with Gasteiger partial charge < -0.3 is 9.30 Å². The fourth-order valence-corrected chi connectivity index (χ4v) is 5.98. The highest BCUT2D eigenvalue weighted by Crippen LogP contribution is 2.38. The van der Waals surface area contributed by atoms with Gasteiger partial charge in [-0.1, -0.05) is 0 Å². The second kappa shape index (κ2) is 8.98. The van der Waals surface area contributed by atoms with Crippen molar-refractivity contribution in [2.24, 2.45) is 5.92 Å². The van der Waals surface area contributed by atoms with Crippen molar-refractivity contribution in [3.8, 4) is 0 Å². The van der Waals surface area contributed by atoms with E-state index in [1.807, 2.05) is 19.9 Å². The predicted molar refractivity (Wildman–Crippen MR) is 115 cm³/mol. The topological polar surface area (TPSA) is 85.7 Å². The van der Waals surface area contributed by atoms with Crippen molar-refractivity contribution in [1.82, 2.24) is 8.87 Å². The van der Waals surface area contributed by atoms with Crippen LogP contribution in [0.25, 0.3) is 0 Å². The van der Waals surface area contributed by atoms with Crippen LogP contribution in [0.4, 0.5) is 8.78 Å². The molecule has 10 heteroatoms. The number of sulfonamides is 1. The lowest BCUT2D eigenvalue weighted by Gasteiger charge is -2.30. The Morgan fingerprint density at radius 2 is 1.73 bits per heavy atom. The Bertz CT molecular complexity index is 1200. The van der Waals surface area contributed by atoms with Crippen LogP contribution in [-0.4, -0.2) is 48.7 Å². The third-order valence-electron chi connectivity index (χ3n) is 6.34. The number of benzene rings is 1. The number of aryl methyl sites for hydroxylation is 1. The Kier molecular flexibility index (Phi) is 6.41. The Labute approximate surface area is 191 Å². The van der Waals surface area contributed by atoms with E-state index in [-0.39, 0.29) is 38.3 Å². The largest absolute Gasteiger partial charge is 0.457 e. The molecule has 1 aliphatic carbocycles. The van der Waals surface area contributed by atoms with Crippen LogP contribution in [0.3, 0.4) is 0 Å². The molecule has 0 unspecified atom stereocenters. The van der Waals surface area contributed by atoms with Crippen molar-refractivity contribution in [2.75, 3.05) is 19.7 Å². The number of rotatable bonds is 7. The van der Waals surface area contributed by atoms with Gasteiger partial charge >= 0.3 is 5.97 Å². The molecule has 33 heavy (non-hydrogen) atoms. The van der Waals surface area contributed by atoms with Gasteiger partial charge in [-0.25, -0.2) is 17.2 Å². The number of nitrogens with zero attached hydrogens (tertiary/aromatic N) is 2. The number of piperidine rings is 1. The Morgan fingerprint density at radius 3 is 2.36 bits per heavy atom. The summed E-state index contributed by atoms with van der Waals surface area (Å²) in [5.41, 5.74) is 2.43. The van der Waals surface area contributed by atoms with Crippen LogP contribution >= 0.6 is 0 Å². The molecule has 2 aliphatic rings. The summed E-state index contributed by atoms with van der Waals surface area (Å²) in [6, 6.07) is 4.53. The summed E-state index contributed by atoms with van der Waals surface area (Å²) in [5.74, 6) is -3.28. The number of aromatic nitrogens is 1. The first-order chi connectivity index (χ1) is 15.6. The number of ether oxygens (including phenoxy) is 1. The van der Waals surface area contributed by atoms with Crippen molar-refractivity contribution < 1.29 is 31.5 Å². The minimum absolute atomic E-state index is 0.0332. The van der Waals surface area contributed by atoms with Crippen molar-refractivity contribution >= 4 is 21.8 Å². The summed E-state index contributed by atoms with van der Waals surface area (Å²) >= 11 is 0. The molecule has 0 amide bonds. The molecule has 0 spiro atoms. The van der Waals surface area contributed by atoms with E-state index in [4.69, 9.17) is 4.74 Å². The average molecular weight is 481 g/mol. The summed E-state index contributed by atoms with van der Waals surface area (Å²) < 4.78 is 61.2. The first-order valence-corrected chi connectivity index (χ1v) is 12.4. The lowest BCUT2D eigenvalue weighted by Crippen LogP contribution is -2.41. The molecule has 7 nitrogen and oxygen atoms in total. The molecule has 0 N–H and O–H groups in total. The van der Waals surface area contributed by atoms with Gasteiger partial charge in [-0.15, -0.1) is 0 Å². The van der Waals surface area contributed by atoms with E-state index >= 15 is 0 Å². The summed E-state index contributed by atoms with van der Waals surface area (Å²) in [5, 5.41) is 0. The number of esters is 1. The highest BCUT2D eigenvalue weighted by Gasteiger charge is 2.35. The maximum Gasteiger partial charge on any atom is 0.309 e. The molecule has 1 saturated heterocycles. The average Bonchev–Trinajstić information content (AvgIpc) is 3.57. The molecular weight excluding hydrogens is 454 g/mol. The molecule has 1 aromatic heterocycles. The highest BCUT2D eigenvalue weighted by molar-refractivity contribution is 7.89. The Morgan fingerprint density at radius 1 is 1.06 bits per heavy atom. The van der Waals surface area contributed by atoms with Gasteiger partial charge in [0.15, 0.2) is 6.61 Å². The summed E-state index contributed by atoms with van der Waals surface area (Å²) in [7, 11) is -4.22. The van der Waals surface area contributed by atoms with Crippen LogP contribution in [0, 0.1) is 31.4 Å². The second-order valence-electron chi connectivity index (χ2n) is 8.67. The second-order valence-corrected chi connectivity index (χ2v) is 10.6. The van der Waals surface area contributed by atoms with Gasteiger partial charge in [0.05, 0.1) is 5.92 Å². The standard InChI is InChI=1S/C23H26F2N2O5S/c1-14-11-19(15(2)27(14)18-4-5-18)21(28)13-32-23(29)16-7-9-26(10-8-16)33(30,31)22-12-17(24)3-6-20(22)25/h3,6,11-12,16,18H,4-5,7-10,13H2,1-2H3. The van der Waals surface area contributed by atoms with E-state index < -0.39 is 38.4 Å². The van der Waals surface area contributed by atoms with Gasteiger partial charge in [-0.05, 0) is 63.8 Å². The maximum absolute atomic E-state index is 14.0. The zero-order valence-electron chi connectivity index (χ0n) is 18.5. The van der Waals surface area contributed by atoms with Crippen LogP contribution < -0.4 is 0 Å². The zero-order valence-corrected chi connectivity index (χ0v) is 19.3. The smallest absolute Gasteiger partial charge is 0.309 e. The quantitative estimate of drug-likeness (QED) is 0.447. The molecule has 178 valence electrons. The number of Topliss-reactive ketones (excluding diaryl/α,β-unsaturated/α-hetero) is 1. The number of halogens is 2. The third kappa shape index (κ3) is 4.72. The van der Waals surface area contributed by atoms with E-state index in [1.165, 1.54) is 0 Å². The first kappa shape index (κ1) is 23.6. The fourth-order valence-electron chi connectivity index (χ4n) is 4.43. The third-order valence-corrected chi connectivity index (χ3v) is 8.25. The van der Waals surface area contributed by atoms with E-state index in [1.54, 1.807) is 0 Å². The number of hydrogen-bond acceptors (Lipinski definition) is 5. The van der Waals surface area contributed by atoms with Crippen LogP contribution in [-0.2, 0) is 19.6 Å². The molecule has 0 bridgehead atoms. The van der Waals surface area contributed by atoms with Crippen LogP contribution in [0.5, 0.6) is 0 Å². The van der Waals surface area contributed by atoms with E-state index in [2.05, 4.69) is 4.57 Å². The molecule has 2 fully saturated rings. The van der Waals surface area contributed by atoms with E-state index in [9.17, 15) is 26.8 Å². The first-order valence-electron chi connectivity index (χ1n) is 10.9. The molecule has 2 heterocycles. The lowest BCUT2D eigenvalue weighted by molar-refractivity contribution is -0.148. The molecule has 2 aromatic rings. The molecule has 1 aliphatic heterocycles. The molecule has 0 radical (unpaired) electrons. The highest BCUT2D eigenvalue weighted by atomic mass is 32.2. The number of ketones is 1. The monoisotopic (exact) mass is 480 g/mol. The van der Waals surface area contributed by atoms with Crippen molar-refractivity contribution in [3.63, 3.8) is 0 Å². The van der Waals surface area contributed by atoms with E-state index in [0.717, 1.165) is 40.7 Å². The number of carbonyl (C=O) groups excluding carboxylic acids is 2. The van der Waals surface area contributed by atoms with Gasteiger partial charge in [0.2, 0.25) is 15.8 Å². The van der Waals surface area contributed by atoms with Gasteiger partial charge in [-0.2, -0.15) is 4.31 Å². The zero-order chi connectivity index (χ0) is 23.9. The molecule has 1 saturated carbocycles. The number of carbonyl (C=O) groups is 2. The summed E-state index contributed by atoms with van der Waals surface area (Å²) in [4.78, 5) is 24.4. The Balaban J connectivity index is 1.33. The molecule has 1 aromatic carbocycles. The van der Waals surface area contributed by atoms with E-state index in [0.29, 0.717) is 17.7 Å². The fraction of sp³-hybridized carbons (Fsp3) is 0.478. The van der Waals surface area contributed by atoms with Crippen LogP contribution in [0.1, 0.15) is 53.5 Å². The maximum atomic E-state index is 14.0. The predicted octanol–water partition coefficient (Wildman–Crippen LogP) is 3.54. The number of hydrogen-bond donors (Lipinski definition) is 0. The van der Waals surface area contributed by atoms with Crippen LogP contribution in [0.15, 0.2) is 29.2 Å².